The van der Waals surface area contributed by atoms with Gasteiger partial charge in [-0.1, -0.05) is 20.8 Å². The van der Waals surface area contributed by atoms with Crippen LogP contribution in [0.4, 0.5) is 8.78 Å². The molecule has 4 aliphatic carbocycles. The van der Waals surface area contributed by atoms with Crippen LogP contribution in [0, 0.1) is 28.6 Å². The van der Waals surface area contributed by atoms with Gasteiger partial charge in [-0.15, -0.1) is 0 Å². The molecule has 0 radical (unpaired) electrons. The van der Waals surface area contributed by atoms with Crippen molar-refractivity contribution in [1.82, 2.24) is 0 Å². The van der Waals surface area contributed by atoms with Crippen LogP contribution in [0.25, 0.3) is 0 Å². The lowest BCUT2D eigenvalue weighted by Crippen LogP contribution is -2.71. The number of aliphatic hydroxyl groups excluding tert-OH is 1. The van der Waals surface area contributed by atoms with Gasteiger partial charge in [-0.25, -0.2) is 13.6 Å². The molecule has 3 N–H and O–H groups in total. The van der Waals surface area contributed by atoms with Gasteiger partial charge in [-0.2, -0.15) is 0 Å². The van der Waals surface area contributed by atoms with Gasteiger partial charge in [0.1, 0.15) is 11.8 Å². The lowest BCUT2D eigenvalue weighted by molar-refractivity contribution is -0.237. The molecule has 2 unspecified atom stereocenters. The third-order valence-corrected chi connectivity index (χ3v) is 8.93. The monoisotopic (exact) mass is 398 g/mol. The maximum absolute atomic E-state index is 16.8. The standard InChI is InChI=1S/C21H28F2O5/c1-10-6-12-13-8-15(22)14-7-11(24)4-5-18(14,2)20(13,23)16(25)9-19(12,3)21(10,28)17(26)27/h7,10,12-13,15-16,25,28H,4-6,8-9H2,1-3H3,(H,26,27)/t10-,12?,13?,15-,16-,18-,19-,20-,21-/m0/s1. The summed E-state index contributed by atoms with van der Waals surface area (Å²) in [5.41, 5.74) is -6.75. The fourth-order valence-corrected chi connectivity index (χ4v) is 7.35. The van der Waals surface area contributed by atoms with Gasteiger partial charge in [0.05, 0.1) is 6.10 Å². The molecule has 0 aromatic heterocycles. The number of carboxylic acid groups (broad SMARTS) is 1. The van der Waals surface area contributed by atoms with Crippen LogP contribution in [0.5, 0.6) is 0 Å². The third kappa shape index (κ3) is 1.97. The minimum absolute atomic E-state index is 0.0925. The van der Waals surface area contributed by atoms with E-state index < -0.39 is 58.1 Å². The molecule has 0 aliphatic heterocycles. The average Bonchev–Trinajstić information content (AvgIpc) is 2.81. The summed E-state index contributed by atoms with van der Waals surface area (Å²) >= 11 is 0. The van der Waals surface area contributed by atoms with E-state index in [1.807, 2.05) is 0 Å². The molecule has 0 bridgehead atoms. The third-order valence-electron chi connectivity index (χ3n) is 8.93. The molecular weight excluding hydrogens is 370 g/mol. The van der Waals surface area contributed by atoms with E-state index in [1.165, 1.54) is 6.08 Å². The summed E-state index contributed by atoms with van der Waals surface area (Å²) in [7, 11) is 0. The van der Waals surface area contributed by atoms with Gasteiger partial charge in [-0.3, -0.25) is 4.79 Å². The molecule has 156 valence electrons. The van der Waals surface area contributed by atoms with Crippen LogP contribution in [0.2, 0.25) is 0 Å². The summed E-state index contributed by atoms with van der Waals surface area (Å²) in [4.78, 5) is 23.8. The molecule has 3 saturated carbocycles. The van der Waals surface area contributed by atoms with Crippen molar-refractivity contribution < 1.29 is 33.7 Å². The van der Waals surface area contributed by atoms with E-state index in [-0.39, 0.29) is 43.5 Å². The Bertz CT molecular complexity index is 783. The molecule has 4 aliphatic rings. The number of alkyl halides is 2. The number of carbonyl (C=O) groups excluding carboxylic acids is 1. The fraction of sp³-hybridized carbons (Fsp3) is 0.810. The highest BCUT2D eigenvalue weighted by molar-refractivity contribution is 5.92. The zero-order chi connectivity index (χ0) is 20.9. The van der Waals surface area contributed by atoms with Gasteiger partial charge in [0.2, 0.25) is 0 Å². The van der Waals surface area contributed by atoms with E-state index in [0.717, 1.165) is 0 Å². The number of carboxylic acids is 1. The molecule has 7 heteroatoms. The molecule has 0 aromatic rings. The molecule has 0 amide bonds. The number of fused-ring (bicyclic) bond motifs is 5. The van der Waals surface area contributed by atoms with Crippen molar-refractivity contribution in [3.8, 4) is 0 Å². The zero-order valence-corrected chi connectivity index (χ0v) is 16.4. The molecule has 0 saturated heterocycles. The lowest BCUT2D eigenvalue weighted by Gasteiger charge is -2.63. The number of carbonyl (C=O) groups is 2. The smallest absolute Gasteiger partial charge is 0.336 e. The summed E-state index contributed by atoms with van der Waals surface area (Å²) < 4.78 is 32.0. The van der Waals surface area contributed by atoms with Crippen LogP contribution in [0.1, 0.15) is 52.9 Å². The van der Waals surface area contributed by atoms with E-state index in [9.17, 15) is 24.9 Å². The van der Waals surface area contributed by atoms with Gasteiger partial charge < -0.3 is 15.3 Å². The summed E-state index contributed by atoms with van der Waals surface area (Å²) in [5.74, 6) is -3.77. The predicted octanol–water partition coefficient (Wildman–Crippen LogP) is 2.59. The van der Waals surface area contributed by atoms with Crippen LogP contribution in [-0.4, -0.2) is 50.6 Å². The van der Waals surface area contributed by atoms with Crippen molar-refractivity contribution >= 4 is 11.8 Å². The Morgan fingerprint density at radius 2 is 1.89 bits per heavy atom. The normalized spacial score (nSPS) is 55.8. The second-order valence-electron chi connectivity index (χ2n) is 9.93. The number of hydrogen-bond acceptors (Lipinski definition) is 4. The van der Waals surface area contributed by atoms with Gasteiger partial charge in [0.25, 0.3) is 0 Å². The molecule has 28 heavy (non-hydrogen) atoms. The number of hydrogen-bond donors (Lipinski definition) is 3. The highest BCUT2D eigenvalue weighted by Crippen LogP contribution is 2.71. The Labute approximate surface area is 162 Å². The average molecular weight is 398 g/mol. The second kappa shape index (κ2) is 5.63. The summed E-state index contributed by atoms with van der Waals surface area (Å²) in [6.45, 7) is 4.78. The Morgan fingerprint density at radius 1 is 1.25 bits per heavy atom. The molecule has 3 fully saturated rings. The van der Waals surface area contributed by atoms with Crippen molar-refractivity contribution in [3.63, 3.8) is 0 Å². The first-order chi connectivity index (χ1) is 12.8. The van der Waals surface area contributed by atoms with Crippen molar-refractivity contribution in [2.45, 2.75) is 76.4 Å². The van der Waals surface area contributed by atoms with Gasteiger partial charge in [0, 0.05) is 23.2 Å². The van der Waals surface area contributed by atoms with Crippen molar-refractivity contribution in [2.75, 3.05) is 0 Å². The largest absolute Gasteiger partial charge is 0.479 e. The van der Waals surface area contributed by atoms with Gasteiger partial charge in [0.15, 0.2) is 11.4 Å². The highest BCUT2D eigenvalue weighted by atomic mass is 19.1. The molecule has 0 aromatic carbocycles. The molecular formula is C21H28F2O5. The van der Waals surface area contributed by atoms with E-state index in [0.29, 0.717) is 0 Å². The Hall–Kier alpha value is -1.34. The SMILES string of the molecule is C[C@H]1CC2C3C[C@H](F)C4=CC(=O)CC[C@]4(C)[C@@]3(F)[C@@H](O)C[C@]2(C)[C@@]1(O)C(=O)O. The molecule has 4 rings (SSSR count). The van der Waals surface area contributed by atoms with Crippen LogP contribution >= 0.6 is 0 Å². The maximum Gasteiger partial charge on any atom is 0.336 e. The molecule has 5 nitrogen and oxygen atoms in total. The fourth-order valence-electron chi connectivity index (χ4n) is 7.35. The minimum atomic E-state index is -2.17. The molecule has 0 heterocycles. The first-order valence-corrected chi connectivity index (χ1v) is 10.1. The number of ketones is 1. The lowest BCUT2D eigenvalue weighted by atomic mass is 9.43. The molecule has 9 atom stereocenters. The predicted molar refractivity (Wildman–Crippen MR) is 95.9 cm³/mol. The number of allylic oxidation sites excluding steroid dienone is 1. The Kier molecular flexibility index (Phi) is 4.01. The first kappa shape index (κ1) is 20.0. The van der Waals surface area contributed by atoms with Gasteiger partial charge >= 0.3 is 5.97 Å². The summed E-state index contributed by atoms with van der Waals surface area (Å²) in [5, 5.41) is 31.9. The first-order valence-electron chi connectivity index (χ1n) is 10.1. The summed E-state index contributed by atoms with van der Waals surface area (Å²) in [6.07, 6.45) is -1.84. The summed E-state index contributed by atoms with van der Waals surface area (Å²) in [6, 6.07) is 0. The van der Waals surface area contributed by atoms with E-state index in [1.54, 1.807) is 20.8 Å². The van der Waals surface area contributed by atoms with Crippen LogP contribution in [0.3, 0.4) is 0 Å². The zero-order valence-electron chi connectivity index (χ0n) is 16.4. The molecule has 0 spiro atoms. The Morgan fingerprint density at radius 3 is 2.50 bits per heavy atom. The van der Waals surface area contributed by atoms with E-state index in [2.05, 4.69) is 0 Å². The minimum Gasteiger partial charge on any atom is -0.479 e. The quantitative estimate of drug-likeness (QED) is 0.631. The number of halogens is 2. The van der Waals surface area contributed by atoms with Crippen LogP contribution in [-0.2, 0) is 9.59 Å². The van der Waals surface area contributed by atoms with Crippen LogP contribution < -0.4 is 0 Å². The number of rotatable bonds is 1. The van der Waals surface area contributed by atoms with Crippen LogP contribution in [0.15, 0.2) is 11.6 Å². The van der Waals surface area contributed by atoms with Crippen molar-refractivity contribution in [3.05, 3.63) is 11.6 Å². The van der Waals surface area contributed by atoms with E-state index in [4.69, 9.17) is 0 Å². The van der Waals surface area contributed by atoms with Gasteiger partial charge in [-0.05, 0) is 49.2 Å². The highest BCUT2D eigenvalue weighted by Gasteiger charge is 2.77. The van der Waals surface area contributed by atoms with Crippen molar-refractivity contribution in [2.24, 2.45) is 28.6 Å². The van der Waals surface area contributed by atoms with Crippen molar-refractivity contribution in [1.29, 1.82) is 0 Å². The van der Waals surface area contributed by atoms with E-state index >= 15 is 8.78 Å². The number of aliphatic hydroxyl groups is 2. The topological polar surface area (TPSA) is 94.8 Å². The maximum atomic E-state index is 16.8. The second-order valence-corrected chi connectivity index (χ2v) is 9.93. The number of aliphatic carboxylic acids is 1. The Balaban J connectivity index is 1.87.